The normalized spacial score (nSPS) is 12.6. The van der Waals surface area contributed by atoms with E-state index in [1.165, 1.54) is 0 Å². The van der Waals surface area contributed by atoms with Crippen LogP contribution in [-0.4, -0.2) is 18.8 Å². The second-order valence-electron chi connectivity index (χ2n) is 3.03. The number of aliphatic hydroxyl groups is 1. The summed E-state index contributed by atoms with van der Waals surface area (Å²) in [6.45, 7) is 1.91. The molecule has 3 nitrogen and oxygen atoms in total. The van der Waals surface area contributed by atoms with Gasteiger partial charge in [-0.1, -0.05) is 12.1 Å². The van der Waals surface area contributed by atoms with Crippen LogP contribution in [0.3, 0.4) is 0 Å². The zero-order valence-corrected chi connectivity index (χ0v) is 7.95. The fraction of sp³-hybridized carbons (Fsp3) is 0.400. The van der Waals surface area contributed by atoms with Crippen LogP contribution in [0.15, 0.2) is 18.2 Å². The minimum atomic E-state index is -0.365. The number of nitrogens with two attached hydrogens (primary N) is 1. The first-order valence-electron chi connectivity index (χ1n) is 4.20. The van der Waals surface area contributed by atoms with E-state index >= 15 is 0 Å². The summed E-state index contributed by atoms with van der Waals surface area (Å²) in [4.78, 5) is 0. The standard InChI is InChI=1S/C10H15NO2/c1-7-3-4-8(9(11)6-12)10(5-7)13-2/h3-5,9,12H,6,11H2,1-2H3/t9-/m1/s1. The van der Waals surface area contributed by atoms with Gasteiger partial charge in [-0.2, -0.15) is 0 Å². The highest BCUT2D eigenvalue weighted by atomic mass is 16.5. The largest absolute Gasteiger partial charge is 0.496 e. The van der Waals surface area contributed by atoms with Gasteiger partial charge in [-0.05, 0) is 18.6 Å². The van der Waals surface area contributed by atoms with Crippen molar-refractivity contribution < 1.29 is 9.84 Å². The molecule has 1 aromatic rings. The fourth-order valence-electron chi connectivity index (χ4n) is 1.22. The lowest BCUT2D eigenvalue weighted by Crippen LogP contribution is -2.15. The summed E-state index contributed by atoms with van der Waals surface area (Å²) in [7, 11) is 1.60. The number of benzene rings is 1. The van der Waals surface area contributed by atoms with Crippen molar-refractivity contribution in [3.63, 3.8) is 0 Å². The Kier molecular flexibility index (Phi) is 3.28. The van der Waals surface area contributed by atoms with Crippen molar-refractivity contribution in [1.82, 2.24) is 0 Å². The summed E-state index contributed by atoms with van der Waals surface area (Å²) in [5.41, 5.74) is 7.65. The van der Waals surface area contributed by atoms with Crippen LogP contribution >= 0.6 is 0 Å². The summed E-state index contributed by atoms with van der Waals surface area (Å²) in [5.74, 6) is 0.738. The van der Waals surface area contributed by atoms with Crippen LogP contribution in [0.2, 0.25) is 0 Å². The van der Waals surface area contributed by atoms with E-state index in [9.17, 15) is 0 Å². The Morgan fingerprint density at radius 3 is 2.77 bits per heavy atom. The lowest BCUT2D eigenvalue weighted by Gasteiger charge is -2.13. The van der Waals surface area contributed by atoms with Gasteiger partial charge in [-0.25, -0.2) is 0 Å². The summed E-state index contributed by atoms with van der Waals surface area (Å²) < 4.78 is 5.16. The van der Waals surface area contributed by atoms with Crippen molar-refractivity contribution in [3.05, 3.63) is 29.3 Å². The van der Waals surface area contributed by atoms with E-state index in [0.29, 0.717) is 0 Å². The number of aryl methyl sites for hydroxylation is 1. The van der Waals surface area contributed by atoms with E-state index in [1.54, 1.807) is 7.11 Å². The number of ether oxygens (including phenoxy) is 1. The van der Waals surface area contributed by atoms with Crippen molar-refractivity contribution in [2.24, 2.45) is 5.73 Å². The van der Waals surface area contributed by atoms with Crippen molar-refractivity contribution in [2.75, 3.05) is 13.7 Å². The highest BCUT2D eigenvalue weighted by molar-refractivity contribution is 5.39. The molecule has 1 rings (SSSR count). The number of rotatable bonds is 3. The Labute approximate surface area is 78.1 Å². The van der Waals surface area contributed by atoms with Crippen LogP contribution in [0.25, 0.3) is 0 Å². The van der Waals surface area contributed by atoms with Gasteiger partial charge in [0.2, 0.25) is 0 Å². The minimum Gasteiger partial charge on any atom is -0.496 e. The molecular formula is C10H15NO2. The number of hydrogen-bond donors (Lipinski definition) is 2. The molecule has 0 amide bonds. The Balaban J connectivity index is 3.05. The summed E-state index contributed by atoms with van der Waals surface area (Å²) in [5, 5.41) is 8.90. The van der Waals surface area contributed by atoms with Gasteiger partial charge in [-0.3, -0.25) is 0 Å². The maximum atomic E-state index is 8.90. The molecule has 0 heterocycles. The predicted octanol–water partition coefficient (Wildman–Crippen LogP) is 0.996. The molecule has 1 aromatic carbocycles. The number of methoxy groups -OCH3 is 1. The van der Waals surface area contributed by atoms with Crippen molar-refractivity contribution in [1.29, 1.82) is 0 Å². The van der Waals surface area contributed by atoms with Gasteiger partial charge in [0, 0.05) is 5.56 Å². The molecule has 0 bridgehead atoms. The molecule has 72 valence electrons. The second kappa shape index (κ2) is 4.25. The molecular weight excluding hydrogens is 166 g/mol. The van der Waals surface area contributed by atoms with Gasteiger partial charge in [0.1, 0.15) is 5.75 Å². The monoisotopic (exact) mass is 181 g/mol. The zero-order valence-electron chi connectivity index (χ0n) is 7.95. The summed E-state index contributed by atoms with van der Waals surface area (Å²) in [6, 6.07) is 5.38. The molecule has 3 heteroatoms. The van der Waals surface area contributed by atoms with E-state index in [-0.39, 0.29) is 12.6 Å². The lowest BCUT2D eigenvalue weighted by molar-refractivity contribution is 0.264. The van der Waals surface area contributed by atoms with Crippen molar-refractivity contribution in [3.8, 4) is 5.75 Å². The molecule has 0 radical (unpaired) electrons. The number of aliphatic hydroxyl groups excluding tert-OH is 1. The Morgan fingerprint density at radius 1 is 1.54 bits per heavy atom. The first-order valence-corrected chi connectivity index (χ1v) is 4.20. The molecule has 0 saturated carbocycles. The predicted molar refractivity (Wildman–Crippen MR) is 51.7 cm³/mol. The van der Waals surface area contributed by atoms with Gasteiger partial charge in [0.25, 0.3) is 0 Å². The Bertz CT molecular complexity index is 286. The maximum Gasteiger partial charge on any atom is 0.123 e. The van der Waals surface area contributed by atoms with Crippen LogP contribution < -0.4 is 10.5 Å². The molecule has 0 unspecified atom stereocenters. The highest BCUT2D eigenvalue weighted by Gasteiger charge is 2.10. The first-order chi connectivity index (χ1) is 6.19. The van der Waals surface area contributed by atoms with Crippen LogP contribution in [0.1, 0.15) is 17.2 Å². The van der Waals surface area contributed by atoms with Crippen molar-refractivity contribution >= 4 is 0 Å². The molecule has 1 atom stereocenters. The highest BCUT2D eigenvalue weighted by Crippen LogP contribution is 2.24. The van der Waals surface area contributed by atoms with Gasteiger partial charge in [0.05, 0.1) is 19.8 Å². The van der Waals surface area contributed by atoms with Crippen LogP contribution in [0.4, 0.5) is 0 Å². The fourth-order valence-corrected chi connectivity index (χ4v) is 1.22. The average molecular weight is 181 g/mol. The third kappa shape index (κ3) is 2.20. The minimum absolute atomic E-state index is 0.0700. The van der Waals surface area contributed by atoms with Crippen molar-refractivity contribution in [2.45, 2.75) is 13.0 Å². The molecule has 0 aromatic heterocycles. The van der Waals surface area contributed by atoms with Gasteiger partial charge in [0.15, 0.2) is 0 Å². The first kappa shape index (κ1) is 10.0. The molecule has 0 aliphatic heterocycles. The molecule has 0 spiro atoms. The summed E-state index contributed by atoms with van der Waals surface area (Å²) in [6.07, 6.45) is 0. The van der Waals surface area contributed by atoms with Crippen LogP contribution in [0.5, 0.6) is 5.75 Å². The summed E-state index contributed by atoms with van der Waals surface area (Å²) >= 11 is 0. The SMILES string of the molecule is COc1cc(C)ccc1[C@H](N)CO. The van der Waals surface area contributed by atoms with Crippen LogP contribution in [-0.2, 0) is 0 Å². The molecule has 3 N–H and O–H groups in total. The third-order valence-corrected chi connectivity index (χ3v) is 1.99. The number of hydrogen-bond acceptors (Lipinski definition) is 3. The van der Waals surface area contributed by atoms with Gasteiger partial charge in [-0.15, -0.1) is 0 Å². The Morgan fingerprint density at radius 2 is 2.23 bits per heavy atom. The van der Waals surface area contributed by atoms with E-state index in [2.05, 4.69) is 0 Å². The second-order valence-corrected chi connectivity index (χ2v) is 3.03. The lowest BCUT2D eigenvalue weighted by atomic mass is 10.1. The average Bonchev–Trinajstić information content (AvgIpc) is 2.16. The molecule has 13 heavy (non-hydrogen) atoms. The molecule has 0 fully saturated rings. The molecule has 0 aliphatic rings. The molecule has 0 saturated heterocycles. The van der Waals surface area contributed by atoms with E-state index < -0.39 is 0 Å². The van der Waals surface area contributed by atoms with E-state index in [4.69, 9.17) is 15.6 Å². The van der Waals surface area contributed by atoms with E-state index in [0.717, 1.165) is 16.9 Å². The quantitative estimate of drug-likeness (QED) is 0.731. The van der Waals surface area contributed by atoms with Gasteiger partial charge < -0.3 is 15.6 Å². The smallest absolute Gasteiger partial charge is 0.123 e. The van der Waals surface area contributed by atoms with Crippen LogP contribution in [0, 0.1) is 6.92 Å². The third-order valence-electron chi connectivity index (χ3n) is 1.99. The van der Waals surface area contributed by atoms with Gasteiger partial charge >= 0.3 is 0 Å². The zero-order chi connectivity index (χ0) is 9.84. The molecule has 0 aliphatic carbocycles. The topological polar surface area (TPSA) is 55.5 Å². The van der Waals surface area contributed by atoms with E-state index in [1.807, 2.05) is 25.1 Å². The Hall–Kier alpha value is -1.06. The maximum absolute atomic E-state index is 8.90.